The van der Waals surface area contributed by atoms with Crippen molar-refractivity contribution in [1.29, 1.82) is 0 Å². The van der Waals surface area contributed by atoms with Crippen LogP contribution in [-0.2, 0) is 0 Å². The molecule has 0 heterocycles. The molecule has 0 radical (unpaired) electrons. The van der Waals surface area contributed by atoms with E-state index in [1.165, 1.54) is 11.6 Å². The summed E-state index contributed by atoms with van der Waals surface area (Å²) >= 11 is 1.61. The third-order valence-corrected chi connectivity index (χ3v) is 4.29. The number of rotatable bonds is 5. The average molecular weight is 289 g/mol. The fraction of sp³-hybridized carbons (Fsp3) is 0.294. The summed E-state index contributed by atoms with van der Waals surface area (Å²) in [7, 11) is 0. The van der Waals surface area contributed by atoms with Gasteiger partial charge in [-0.2, -0.15) is 0 Å². The first-order chi connectivity index (χ1) is 9.61. The molecule has 2 aromatic rings. The maximum atomic E-state index is 14.1. The molecule has 0 aliphatic carbocycles. The van der Waals surface area contributed by atoms with Crippen LogP contribution in [0.3, 0.4) is 0 Å². The van der Waals surface area contributed by atoms with Gasteiger partial charge in [0.05, 0.1) is 0 Å². The van der Waals surface area contributed by atoms with Gasteiger partial charge in [0.1, 0.15) is 5.82 Å². The molecular formula is C17H20FNS. The zero-order valence-corrected chi connectivity index (χ0v) is 12.9. The normalized spacial score (nSPS) is 12.4. The van der Waals surface area contributed by atoms with E-state index in [2.05, 4.69) is 36.5 Å². The lowest BCUT2D eigenvalue weighted by atomic mass is 10.1. The van der Waals surface area contributed by atoms with E-state index >= 15 is 0 Å². The quantitative estimate of drug-likeness (QED) is 0.835. The van der Waals surface area contributed by atoms with E-state index in [1.54, 1.807) is 17.8 Å². The second-order valence-electron chi connectivity index (χ2n) is 4.85. The van der Waals surface area contributed by atoms with E-state index in [-0.39, 0.29) is 11.9 Å². The molecule has 0 spiro atoms. The molecule has 0 fully saturated rings. The smallest absolute Gasteiger partial charge is 0.129 e. The largest absolute Gasteiger partial charge is 0.310 e. The van der Waals surface area contributed by atoms with Crippen LogP contribution in [0.1, 0.15) is 31.0 Å². The third-order valence-electron chi connectivity index (χ3n) is 3.21. The van der Waals surface area contributed by atoms with Crippen LogP contribution in [0.5, 0.6) is 0 Å². The highest BCUT2D eigenvalue weighted by atomic mass is 32.2. The summed E-state index contributed by atoms with van der Waals surface area (Å²) in [6.45, 7) is 6.92. The van der Waals surface area contributed by atoms with Crippen molar-refractivity contribution in [1.82, 2.24) is 5.32 Å². The van der Waals surface area contributed by atoms with Gasteiger partial charge in [-0.1, -0.05) is 42.4 Å². The summed E-state index contributed by atoms with van der Waals surface area (Å²) in [6.07, 6.45) is 0. The maximum Gasteiger partial charge on any atom is 0.129 e. The van der Waals surface area contributed by atoms with Crippen molar-refractivity contribution < 1.29 is 4.39 Å². The Morgan fingerprint density at radius 3 is 2.50 bits per heavy atom. The Labute approximate surface area is 124 Å². The molecule has 0 saturated heterocycles. The van der Waals surface area contributed by atoms with Crippen LogP contribution in [0.2, 0.25) is 0 Å². The van der Waals surface area contributed by atoms with Gasteiger partial charge in [0, 0.05) is 21.4 Å². The Morgan fingerprint density at radius 2 is 1.85 bits per heavy atom. The topological polar surface area (TPSA) is 12.0 Å². The summed E-state index contributed by atoms with van der Waals surface area (Å²) in [5, 5.41) is 3.28. The molecule has 1 unspecified atom stereocenters. The van der Waals surface area contributed by atoms with Crippen LogP contribution >= 0.6 is 11.8 Å². The van der Waals surface area contributed by atoms with Crippen molar-refractivity contribution in [3.63, 3.8) is 0 Å². The Balaban J connectivity index is 2.31. The fourth-order valence-electron chi connectivity index (χ4n) is 2.17. The minimum Gasteiger partial charge on any atom is -0.310 e. The first-order valence-electron chi connectivity index (χ1n) is 6.88. The number of hydrogen-bond donors (Lipinski definition) is 1. The van der Waals surface area contributed by atoms with Crippen LogP contribution in [-0.4, -0.2) is 6.54 Å². The van der Waals surface area contributed by atoms with Crippen molar-refractivity contribution >= 4 is 11.8 Å². The molecule has 3 heteroatoms. The number of aryl methyl sites for hydroxylation is 1. The van der Waals surface area contributed by atoms with E-state index in [9.17, 15) is 4.39 Å². The van der Waals surface area contributed by atoms with Gasteiger partial charge in [-0.15, -0.1) is 0 Å². The Hall–Kier alpha value is -1.32. The first-order valence-corrected chi connectivity index (χ1v) is 7.69. The molecule has 0 amide bonds. The number of halogens is 1. The summed E-state index contributed by atoms with van der Waals surface area (Å²) in [6, 6.07) is 13.6. The van der Waals surface area contributed by atoms with Crippen molar-refractivity contribution in [2.24, 2.45) is 0 Å². The van der Waals surface area contributed by atoms with Gasteiger partial charge in [-0.3, -0.25) is 0 Å². The highest BCUT2D eigenvalue weighted by molar-refractivity contribution is 7.99. The molecule has 0 aromatic heterocycles. The van der Waals surface area contributed by atoms with Crippen LogP contribution < -0.4 is 5.32 Å². The predicted molar refractivity (Wildman–Crippen MR) is 83.8 cm³/mol. The fourth-order valence-corrected chi connectivity index (χ4v) is 3.22. The lowest BCUT2D eigenvalue weighted by Gasteiger charge is -2.17. The monoisotopic (exact) mass is 289 g/mol. The van der Waals surface area contributed by atoms with Crippen LogP contribution in [0.15, 0.2) is 52.3 Å². The molecule has 0 saturated carbocycles. The Kier molecular flexibility index (Phi) is 5.21. The molecule has 1 atom stereocenters. The van der Waals surface area contributed by atoms with Gasteiger partial charge in [0.25, 0.3) is 0 Å². The standard InChI is InChI=1S/C17H20FNS/c1-4-19-13(3)17-15(18)6-5-7-16(17)20-14-10-8-12(2)9-11-14/h5-11,13,19H,4H2,1-3H3. The second kappa shape index (κ2) is 6.91. The summed E-state index contributed by atoms with van der Waals surface area (Å²) in [4.78, 5) is 2.11. The van der Waals surface area contributed by atoms with E-state index in [4.69, 9.17) is 0 Å². The Bertz CT molecular complexity index is 566. The van der Waals surface area contributed by atoms with Crippen LogP contribution in [0, 0.1) is 12.7 Å². The minimum atomic E-state index is -0.143. The van der Waals surface area contributed by atoms with E-state index < -0.39 is 0 Å². The number of hydrogen-bond acceptors (Lipinski definition) is 2. The molecule has 0 aliphatic rings. The first kappa shape index (κ1) is 15.1. The van der Waals surface area contributed by atoms with Gasteiger partial charge in [-0.05, 0) is 44.7 Å². The molecule has 0 aliphatic heterocycles. The average Bonchev–Trinajstić information content (AvgIpc) is 2.42. The van der Waals surface area contributed by atoms with E-state index in [0.29, 0.717) is 0 Å². The zero-order valence-electron chi connectivity index (χ0n) is 12.1. The van der Waals surface area contributed by atoms with Gasteiger partial charge >= 0.3 is 0 Å². The molecule has 2 aromatic carbocycles. The van der Waals surface area contributed by atoms with Crippen molar-refractivity contribution in [2.75, 3.05) is 6.54 Å². The van der Waals surface area contributed by atoms with Gasteiger partial charge in [0.2, 0.25) is 0 Å². The van der Waals surface area contributed by atoms with E-state index in [0.717, 1.165) is 21.9 Å². The molecule has 106 valence electrons. The minimum absolute atomic E-state index is 0.00847. The molecule has 1 nitrogen and oxygen atoms in total. The maximum absolute atomic E-state index is 14.1. The van der Waals surface area contributed by atoms with Gasteiger partial charge < -0.3 is 5.32 Å². The summed E-state index contributed by atoms with van der Waals surface area (Å²) < 4.78 is 14.1. The second-order valence-corrected chi connectivity index (χ2v) is 5.96. The molecule has 20 heavy (non-hydrogen) atoms. The lowest BCUT2D eigenvalue weighted by molar-refractivity contribution is 0.531. The SMILES string of the molecule is CCNC(C)c1c(F)cccc1Sc1ccc(C)cc1. The molecule has 0 bridgehead atoms. The zero-order chi connectivity index (χ0) is 14.5. The van der Waals surface area contributed by atoms with Gasteiger partial charge in [-0.25, -0.2) is 4.39 Å². The van der Waals surface area contributed by atoms with E-state index in [1.807, 2.05) is 19.9 Å². The summed E-state index contributed by atoms with van der Waals surface area (Å²) in [5.74, 6) is -0.143. The van der Waals surface area contributed by atoms with Crippen LogP contribution in [0.4, 0.5) is 4.39 Å². The highest BCUT2D eigenvalue weighted by Crippen LogP contribution is 2.34. The molecular weight excluding hydrogens is 269 g/mol. The highest BCUT2D eigenvalue weighted by Gasteiger charge is 2.15. The van der Waals surface area contributed by atoms with Crippen molar-refractivity contribution in [3.8, 4) is 0 Å². The van der Waals surface area contributed by atoms with Crippen molar-refractivity contribution in [3.05, 3.63) is 59.4 Å². The third kappa shape index (κ3) is 3.62. The number of benzene rings is 2. The Morgan fingerprint density at radius 1 is 1.15 bits per heavy atom. The van der Waals surface area contributed by atoms with Gasteiger partial charge in [0.15, 0.2) is 0 Å². The number of nitrogens with one attached hydrogen (secondary N) is 1. The van der Waals surface area contributed by atoms with Crippen molar-refractivity contribution in [2.45, 2.75) is 36.6 Å². The lowest BCUT2D eigenvalue weighted by Crippen LogP contribution is -2.19. The van der Waals surface area contributed by atoms with Crippen LogP contribution in [0.25, 0.3) is 0 Å². The molecule has 1 N–H and O–H groups in total. The predicted octanol–water partition coefficient (Wildman–Crippen LogP) is 4.96. The molecule has 2 rings (SSSR count). The summed E-state index contributed by atoms with van der Waals surface area (Å²) in [5.41, 5.74) is 1.98.